The zero-order chi connectivity index (χ0) is 21.8. The molecule has 7 nitrogen and oxygen atoms in total. The molecule has 160 valence electrons. The number of carbonyl (C=O) groups excluding carboxylic acids is 1. The number of piperazine rings is 1. The highest BCUT2D eigenvalue weighted by molar-refractivity contribution is 6.31. The SMILES string of the molecule is COc1ccc(C(=O)N2CCN(c3cc(Oc4ccc(Cl)c(C)c4)ncn3)CC2)cc1. The lowest BCUT2D eigenvalue weighted by Gasteiger charge is -2.35. The molecule has 0 spiro atoms. The average molecular weight is 439 g/mol. The van der Waals surface area contributed by atoms with Gasteiger partial charge < -0.3 is 19.3 Å². The van der Waals surface area contributed by atoms with Gasteiger partial charge in [-0.25, -0.2) is 9.97 Å². The van der Waals surface area contributed by atoms with Gasteiger partial charge in [-0.2, -0.15) is 0 Å². The molecular formula is C23H23ClN4O3. The molecule has 4 rings (SSSR count). The second-order valence-corrected chi connectivity index (χ2v) is 7.64. The van der Waals surface area contributed by atoms with Crippen LogP contribution in [-0.4, -0.2) is 54.1 Å². The average Bonchev–Trinajstić information content (AvgIpc) is 2.81. The maximum atomic E-state index is 12.8. The first-order chi connectivity index (χ1) is 15.0. The van der Waals surface area contributed by atoms with Gasteiger partial charge in [0.15, 0.2) is 0 Å². The second-order valence-electron chi connectivity index (χ2n) is 7.24. The van der Waals surface area contributed by atoms with Crippen molar-refractivity contribution >= 4 is 23.3 Å². The van der Waals surface area contributed by atoms with Gasteiger partial charge in [0.1, 0.15) is 23.6 Å². The highest BCUT2D eigenvalue weighted by Crippen LogP contribution is 2.26. The van der Waals surface area contributed by atoms with Crippen LogP contribution in [-0.2, 0) is 0 Å². The number of anilines is 1. The number of rotatable bonds is 5. The molecule has 1 fully saturated rings. The second kappa shape index (κ2) is 9.22. The number of halogens is 1. The van der Waals surface area contributed by atoms with Gasteiger partial charge in [-0.15, -0.1) is 0 Å². The van der Waals surface area contributed by atoms with Crippen LogP contribution >= 0.6 is 11.6 Å². The Morgan fingerprint density at radius 1 is 0.968 bits per heavy atom. The Balaban J connectivity index is 1.38. The van der Waals surface area contributed by atoms with Crippen LogP contribution in [0, 0.1) is 6.92 Å². The maximum absolute atomic E-state index is 12.8. The number of hydrogen-bond acceptors (Lipinski definition) is 6. The lowest BCUT2D eigenvalue weighted by Crippen LogP contribution is -2.49. The van der Waals surface area contributed by atoms with E-state index < -0.39 is 0 Å². The summed E-state index contributed by atoms with van der Waals surface area (Å²) in [4.78, 5) is 25.3. The summed E-state index contributed by atoms with van der Waals surface area (Å²) in [7, 11) is 1.61. The van der Waals surface area contributed by atoms with Crippen molar-refractivity contribution in [2.75, 3.05) is 38.2 Å². The summed E-state index contributed by atoms with van der Waals surface area (Å²) < 4.78 is 11.0. The molecule has 1 aliphatic rings. The van der Waals surface area contributed by atoms with Gasteiger partial charge in [0.2, 0.25) is 5.88 Å². The molecule has 0 saturated carbocycles. The van der Waals surface area contributed by atoms with Crippen molar-refractivity contribution in [3.05, 3.63) is 71.0 Å². The lowest BCUT2D eigenvalue weighted by molar-refractivity contribution is 0.0746. The summed E-state index contributed by atoms with van der Waals surface area (Å²) in [5, 5.41) is 0.692. The first-order valence-electron chi connectivity index (χ1n) is 9.98. The number of carbonyl (C=O) groups is 1. The van der Waals surface area contributed by atoms with Crippen LogP contribution in [0.1, 0.15) is 15.9 Å². The number of nitrogens with zero attached hydrogens (tertiary/aromatic N) is 4. The van der Waals surface area contributed by atoms with Crippen LogP contribution in [0.5, 0.6) is 17.4 Å². The predicted octanol–water partition coefficient (Wildman–Crippen LogP) is 4.20. The minimum atomic E-state index is 0.0205. The largest absolute Gasteiger partial charge is 0.497 e. The molecule has 1 aliphatic heterocycles. The Morgan fingerprint density at radius 2 is 1.68 bits per heavy atom. The standard InChI is InChI=1S/C23H23ClN4O3/c1-16-13-19(7-8-20(16)24)31-22-14-21(25-15-26-22)27-9-11-28(12-10-27)23(29)17-3-5-18(30-2)6-4-17/h3-8,13-15H,9-12H2,1-2H3. The van der Waals surface area contributed by atoms with Crippen molar-refractivity contribution in [1.82, 2.24) is 14.9 Å². The fraction of sp³-hybridized carbons (Fsp3) is 0.261. The number of methoxy groups -OCH3 is 1. The lowest BCUT2D eigenvalue weighted by atomic mass is 10.1. The van der Waals surface area contributed by atoms with Gasteiger partial charge in [0.05, 0.1) is 7.11 Å². The van der Waals surface area contributed by atoms with E-state index in [0.29, 0.717) is 48.4 Å². The molecule has 2 aromatic carbocycles. The van der Waals surface area contributed by atoms with Crippen molar-refractivity contribution in [3.8, 4) is 17.4 Å². The summed E-state index contributed by atoms with van der Waals surface area (Å²) in [5.74, 6) is 2.65. The molecule has 8 heteroatoms. The Labute approximate surface area is 186 Å². The molecule has 31 heavy (non-hydrogen) atoms. The number of benzene rings is 2. The summed E-state index contributed by atoms with van der Waals surface area (Å²) in [5.41, 5.74) is 1.59. The van der Waals surface area contributed by atoms with Gasteiger partial charge in [-0.3, -0.25) is 4.79 Å². The van der Waals surface area contributed by atoms with Crippen LogP contribution in [0.4, 0.5) is 5.82 Å². The minimum absolute atomic E-state index is 0.0205. The molecule has 0 aliphatic carbocycles. The predicted molar refractivity (Wildman–Crippen MR) is 119 cm³/mol. The van der Waals surface area contributed by atoms with Crippen LogP contribution in [0.3, 0.4) is 0 Å². The van der Waals surface area contributed by atoms with Crippen molar-refractivity contribution in [1.29, 1.82) is 0 Å². The van der Waals surface area contributed by atoms with Crippen molar-refractivity contribution in [2.24, 2.45) is 0 Å². The number of aromatic nitrogens is 2. The number of hydrogen-bond donors (Lipinski definition) is 0. The van der Waals surface area contributed by atoms with Gasteiger partial charge in [-0.05, 0) is 55.0 Å². The monoisotopic (exact) mass is 438 g/mol. The molecule has 2 heterocycles. The van der Waals surface area contributed by atoms with E-state index in [4.69, 9.17) is 21.1 Å². The van der Waals surface area contributed by atoms with Gasteiger partial charge in [-0.1, -0.05) is 11.6 Å². The third kappa shape index (κ3) is 4.88. The Bertz CT molecular complexity index is 1070. The van der Waals surface area contributed by atoms with E-state index in [-0.39, 0.29) is 5.91 Å². The van der Waals surface area contributed by atoms with Gasteiger partial charge in [0, 0.05) is 42.8 Å². The third-order valence-corrected chi connectivity index (χ3v) is 5.63. The van der Waals surface area contributed by atoms with E-state index in [9.17, 15) is 4.79 Å². The number of aryl methyl sites for hydroxylation is 1. The summed E-state index contributed by atoms with van der Waals surface area (Å²) in [6.45, 7) is 4.51. The summed E-state index contributed by atoms with van der Waals surface area (Å²) in [6.07, 6.45) is 1.49. The van der Waals surface area contributed by atoms with Gasteiger partial charge in [0.25, 0.3) is 5.91 Å². The molecule has 0 bridgehead atoms. The highest BCUT2D eigenvalue weighted by Gasteiger charge is 2.23. The topological polar surface area (TPSA) is 67.8 Å². The van der Waals surface area contributed by atoms with Crippen LogP contribution in [0.25, 0.3) is 0 Å². The molecule has 0 radical (unpaired) electrons. The van der Waals surface area contributed by atoms with E-state index in [1.165, 1.54) is 6.33 Å². The fourth-order valence-corrected chi connectivity index (χ4v) is 3.53. The quantitative estimate of drug-likeness (QED) is 0.594. The van der Waals surface area contributed by atoms with E-state index in [1.54, 1.807) is 43.5 Å². The molecule has 1 aromatic heterocycles. The van der Waals surface area contributed by atoms with Crippen LogP contribution in [0.2, 0.25) is 5.02 Å². The molecule has 0 atom stereocenters. The van der Waals surface area contributed by atoms with E-state index >= 15 is 0 Å². The summed E-state index contributed by atoms with van der Waals surface area (Å²) in [6, 6.07) is 14.5. The number of amides is 1. The normalized spacial score (nSPS) is 13.8. The molecule has 0 N–H and O–H groups in total. The summed E-state index contributed by atoms with van der Waals surface area (Å²) >= 11 is 6.08. The first-order valence-corrected chi connectivity index (χ1v) is 10.4. The van der Waals surface area contributed by atoms with E-state index in [1.807, 2.05) is 24.0 Å². The van der Waals surface area contributed by atoms with Crippen LogP contribution < -0.4 is 14.4 Å². The number of ether oxygens (including phenoxy) is 2. The Kier molecular flexibility index (Phi) is 6.23. The zero-order valence-corrected chi connectivity index (χ0v) is 18.2. The zero-order valence-electron chi connectivity index (χ0n) is 17.4. The highest BCUT2D eigenvalue weighted by atomic mass is 35.5. The molecule has 1 amide bonds. The fourth-order valence-electron chi connectivity index (χ4n) is 3.41. The molecular weight excluding hydrogens is 416 g/mol. The Morgan fingerprint density at radius 3 is 2.35 bits per heavy atom. The Hall–Kier alpha value is -3.32. The van der Waals surface area contributed by atoms with E-state index in [0.717, 1.165) is 17.1 Å². The van der Waals surface area contributed by atoms with Gasteiger partial charge >= 0.3 is 0 Å². The minimum Gasteiger partial charge on any atom is -0.497 e. The smallest absolute Gasteiger partial charge is 0.253 e. The third-order valence-electron chi connectivity index (χ3n) is 5.21. The molecule has 1 saturated heterocycles. The first kappa shape index (κ1) is 20.9. The molecule has 0 unspecified atom stereocenters. The van der Waals surface area contributed by atoms with Crippen molar-refractivity contribution < 1.29 is 14.3 Å². The van der Waals surface area contributed by atoms with Crippen molar-refractivity contribution in [3.63, 3.8) is 0 Å². The van der Waals surface area contributed by atoms with Crippen LogP contribution in [0.15, 0.2) is 54.9 Å². The maximum Gasteiger partial charge on any atom is 0.253 e. The van der Waals surface area contributed by atoms with Crippen molar-refractivity contribution in [2.45, 2.75) is 6.92 Å². The molecule has 3 aromatic rings. The van der Waals surface area contributed by atoms with E-state index in [2.05, 4.69) is 14.9 Å².